The van der Waals surface area contributed by atoms with Gasteiger partial charge in [0.15, 0.2) is 5.78 Å². The molecule has 0 aromatic heterocycles. The van der Waals surface area contributed by atoms with Crippen molar-refractivity contribution < 1.29 is 23.8 Å². The summed E-state index contributed by atoms with van der Waals surface area (Å²) < 4.78 is 16.2. The van der Waals surface area contributed by atoms with E-state index >= 15 is 0 Å². The molecule has 0 aliphatic heterocycles. The second kappa shape index (κ2) is 8.31. The zero-order valence-electron chi connectivity index (χ0n) is 16.7. The summed E-state index contributed by atoms with van der Waals surface area (Å²) >= 11 is 0. The van der Waals surface area contributed by atoms with Gasteiger partial charge in [0.25, 0.3) is 0 Å². The highest BCUT2D eigenvalue weighted by Gasteiger charge is 2.56. The summed E-state index contributed by atoms with van der Waals surface area (Å²) in [6, 6.07) is 4.13. The van der Waals surface area contributed by atoms with E-state index in [2.05, 4.69) is 12.1 Å². The Kier molecular flexibility index (Phi) is 6.58. The van der Waals surface area contributed by atoms with Crippen LogP contribution in [0, 0.1) is 26.2 Å². The molecular formula is C21H30O5. The summed E-state index contributed by atoms with van der Waals surface area (Å²) in [5, 5.41) is 0. The van der Waals surface area contributed by atoms with Crippen LogP contribution in [0.3, 0.4) is 0 Å². The van der Waals surface area contributed by atoms with Crippen LogP contribution in [-0.4, -0.2) is 44.8 Å². The minimum absolute atomic E-state index is 0.118. The van der Waals surface area contributed by atoms with Crippen molar-refractivity contribution >= 4 is 11.8 Å². The summed E-state index contributed by atoms with van der Waals surface area (Å²) in [6.45, 7) is 8.04. The quantitative estimate of drug-likeness (QED) is 0.551. The number of Topliss-reactive ketones (excluding diaryl/α,β-unsaturated/α-hetero) is 1. The number of aryl methyl sites for hydroxylation is 3. The maximum atomic E-state index is 13.4. The van der Waals surface area contributed by atoms with E-state index in [0.717, 1.165) is 22.3 Å². The van der Waals surface area contributed by atoms with Gasteiger partial charge in [-0.2, -0.15) is 0 Å². The lowest BCUT2D eigenvalue weighted by molar-refractivity contribution is -0.160. The predicted molar refractivity (Wildman–Crippen MR) is 99.3 cm³/mol. The summed E-state index contributed by atoms with van der Waals surface area (Å²) in [4.78, 5) is 26.1. The lowest BCUT2D eigenvalue weighted by Gasteiger charge is -2.26. The molecule has 0 spiro atoms. The Balaban J connectivity index is 2.38. The first-order valence-electron chi connectivity index (χ1n) is 9.11. The fourth-order valence-corrected chi connectivity index (χ4v) is 4.10. The fraction of sp³-hybridized carbons (Fsp3) is 0.619. The molecule has 1 aliphatic carbocycles. The zero-order chi connectivity index (χ0) is 19.5. The van der Waals surface area contributed by atoms with Crippen LogP contribution in [0.5, 0.6) is 0 Å². The summed E-state index contributed by atoms with van der Waals surface area (Å²) in [6.07, 6.45) is 0.207. The number of carbonyl (C=O) groups excluding carboxylic acids is 2. The SMILES string of the molecule is CCOC(=O)C1(C(=O)Cc2c(C)cc(C)cc2C)CC(OC)C(OC)C1. The molecule has 144 valence electrons. The van der Waals surface area contributed by atoms with Gasteiger partial charge in [0, 0.05) is 20.6 Å². The van der Waals surface area contributed by atoms with Gasteiger partial charge in [-0.3, -0.25) is 9.59 Å². The van der Waals surface area contributed by atoms with Gasteiger partial charge in [-0.05, 0) is 57.2 Å². The lowest BCUT2D eigenvalue weighted by atomic mass is 9.78. The van der Waals surface area contributed by atoms with Gasteiger partial charge < -0.3 is 14.2 Å². The first-order chi connectivity index (χ1) is 12.3. The number of carbonyl (C=O) groups is 2. The minimum Gasteiger partial charge on any atom is -0.465 e. The topological polar surface area (TPSA) is 61.8 Å². The van der Waals surface area contributed by atoms with Crippen LogP contribution in [0.15, 0.2) is 12.1 Å². The maximum Gasteiger partial charge on any atom is 0.319 e. The van der Waals surface area contributed by atoms with E-state index in [9.17, 15) is 9.59 Å². The summed E-state index contributed by atoms with van der Waals surface area (Å²) in [7, 11) is 3.16. The average molecular weight is 362 g/mol. The van der Waals surface area contributed by atoms with Crippen molar-refractivity contribution in [2.45, 2.75) is 59.2 Å². The molecule has 2 atom stereocenters. The van der Waals surface area contributed by atoms with Gasteiger partial charge in [-0.15, -0.1) is 0 Å². The van der Waals surface area contributed by atoms with Crippen molar-refractivity contribution in [1.29, 1.82) is 0 Å². The van der Waals surface area contributed by atoms with Gasteiger partial charge >= 0.3 is 5.97 Å². The number of methoxy groups -OCH3 is 2. The standard InChI is InChI=1S/C21H30O5/c1-7-26-20(23)21(11-17(24-5)18(12-21)25-6)19(22)10-16-14(3)8-13(2)9-15(16)4/h8-9,17-18H,7,10-12H2,1-6H3. The van der Waals surface area contributed by atoms with Gasteiger partial charge in [0.1, 0.15) is 5.41 Å². The predicted octanol–water partition coefficient (Wildman–Crippen LogP) is 3.10. The number of ketones is 1. The normalized spacial score (nSPS) is 25.3. The monoisotopic (exact) mass is 362 g/mol. The van der Waals surface area contributed by atoms with Gasteiger partial charge in [-0.1, -0.05) is 17.7 Å². The second-order valence-electron chi connectivity index (χ2n) is 7.24. The molecule has 0 amide bonds. The van der Waals surface area contributed by atoms with Gasteiger partial charge in [-0.25, -0.2) is 0 Å². The fourth-order valence-electron chi connectivity index (χ4n) is 4.10. The molecule has 1 aliphatic rings. The van der Waals surface area contributed by atoms with Crippen LogP contribution in [0.1, 0.15) is 42.0 Å². The van der Waals surface area contributed by atoms with Crippen LogP contribution >= 0.6 is 0 Å². The van der Waals surface area contributed by atoms with E-state index in [1.54, 1.807) is 21.1 Å². The van der Waals surface area contributed by atoms with E-state index < -0.39 is 11.4 Å². The molecule has 1 aromatic rings. The number of benzene rings is 1. The molecule has 5 nitrogen and oxygen atoms in total. The number of hydrogen-bond donors (Lipinski definition) is 0. The summed E-state index contributed by atoms with van der Waals surface area (Å²) in [5.74, 6) is -0.582. The molecule has 0 radical (unpaired) electrons. The van der Waals surface area contributed by atoms with Gasteiger partial charge in [0.2, 0.25) is 0 Å². The van der Waals surface area contributed by atoms with Crippen LogP contribution in [0.2, 0.25) is 0 Å². The van der Waals surface area contributed by atoms with E-state index in [-0.39, 0.29) is 31.0 Å². The highest BCUT2D eigenvalue weighted by molar-refractivity contribution is 6.05. The van der Waals surface area contributed by atoms with E-state index in [1.165, 1.54) is 0 Å². The molecular weight excluding hydrogens is 332 g/mol. The van der Waals surface area contributed by atoms with E-state index in [1.807, 2.05) is 20.8 Å². The molecule has 0 N–H and O–H groups in total. The molecule has 2 unspecified atom stereocenters. The van der Waals surface area contributed by atoms with Crippen LogP contribution < -0.4 is 0 Å². The lowest BCUT2D eigenvalue weighted by Crippen LogP contribution is -2.40. The second-order valence-corrected chi connectivity index (χ2v) is 7.24. The maximum absolute atomic E-state index is 13.4. The third-order valence-corrected chi connectivity index (χ3v) is 5.50. The van der Waals surface area contributed by atoms with Crippen molar-refractivity contribution in [3.05, 3.63) is 34.4 Å². The largest absolute Gasteiger partial charge is 0.465 e. The zero-order valence-corrected chi connectivity index (χ0v) is 16.7. The average Bonchev–Trinajstić information content (AvgIpc) is 2.98. The van der Waals surface area contributed by atoms with Crippen molar-refractivity contribution in [2.24, 2.45) is 5.41 Å². The van der Waals surface area contributed by atoms with Crippen molar-refractivity contribution in [2.75, 3.05) is 20.8 Å². The minimum atomic E-state index is -1.21. The Bertz CT molecular complexity index is 644. The molecule has 26 heavy (non-hydrogen) atoms. The molecule has 1 saturated carbocycles. The first kappa shape index (κ1) is 20.6. The van der Waals surface area contributed by atoms with Crippen LogP contribution in [0.25, 0.3) is 0 Å². The van der Waals surface area contributed by atoms with Crippen molar-refractivity contribution in [3.63, 3.8) is 0 Å². The van der Waals surface area contributed by atoms with Crippen LogP contribution in [0.4, 0.5) is 0 Å². The number of esters is 1. The molecule has 0 saturated heterocycles. The van der Waals surface area contributed by atoms with Gasteiger partial charge in [0.05, 0.1) is 18.8 Å². The Morgan fingerprint density at radius 1 is 1.04 bits per heavy atom. The molecule has 2 rings (SSSR count). The third kappa shape index (κ3) is 3.84. The highest BCUT2D eigenvalue weighted by atomic mass is 16.5. The van der Waals surface area contributed by atoms with E-state index in [0.29, 0.717) is 12.8 Å². The summed E-state index contributed by atoms with van der Waals surface area (Å²) in [5.41, 5.74) is 3.08. The Hall–Kier alpha value is -1.72. The Labute approximate surface area is 156 Å². The number of rotatable bonds is 7. The molecule has 1 aromatic carbocycles. The van der Waals surface area contributed by atoms with Crippen molar-refractivity contribution in [1.82, 2.24) is 0 Å². The first-order valence-corrected chi connectivity index (χ1v) is 9.11. The van der Waals surface area contributed by atoms with E-state index in [4.69, 9.17) is 14.2 Å². The molecule has 0 bridgehead atoms. The van der Waals surface area contributed by atoms with Crippen molar-refractivity contribution in [3.8, 4) is 0 Å². The Morgan fingerprint density at radius 2 is 1.54 bits per heavy atom. The number of hydrogen-bond acceptors (Lipinski definition) is 5. The third-order valence-electron chi connectivity index (χ3n) is 5.50. The van der Waals surface area contributed by atoms with Crippen LogP contribution in [-0.2, 0) is 30.2 Å². The Morgan fingerprint density at radius 3 is 1.96 bits per heavy atom. The number of ether oxygens (including phenoxy) is 3. The highest BCUT2D eigenvalue weighted by Crippen LogP contribution is 2.44. The molecule has 5 heteroatoms. The smallest absolute Gasteiger partial charge is 0.319 e. The molecule has 0 heterocycles. The molecule has 1 fully saturated rings.